The first-order chi connectivity index (χ1) is 11.6. The Balaban J connectivity index is 2.06. The monoisotopic (exact) mass is 339 g/mol. The predicted octanol–water partition coefficient (Wildman–Crippen LogP) is 3.83. The minimum absolute atomic E-state index is 0.307. The summed E-state index contributed by atoms with van der Waals surface area (Å²) in [6, 6.07) is 13.1. The molecule has 4 rings (SSSR count). The van der Waals surface area contributed by atoms with E-state index >= 15 is 0 Å². The van der Waals surface area contributed by atoms with Gasteiger partial charge in [0.15, 0.2) is 5.65 Å². The Morgan fingerprint density at radius 2 is 1.79 bits per heavy atom. The van der Waals surface area contributed by atoms with Crippen LogP contribution in [0.25, 0.3) is 28.2 Å². The average Bonchev–Trinajstić information content (AvgIpc) is 2.94. The number of fused-ring (bicyclic) bond motifs is 1. The lowest BCUT2D eigenvalue weighted by atomic mass is 10.1. The van der Waals surface area contributed by atoms with Crippen LogP contribution in [0.4, 0.5) is 10.2 Å². The molecule has 0 amide bonds. The fourth-order valence-corrected chi connectivity index (χ4v) is 2.71. The smallest absolute Gasteiger partial charge is 0.155 e. The summed E-state index contributed by atoms with van der Waals surface area (Å²) >= 11 is 6.04. The Morgan fingerprint density at radius 3 is 2.54 bits per heavy atom. The van der Waals surface area contributed by atoms with Crippen molar-refractivity contribution in [1.82, 2.24) is 19.6 Å². The van der Waals surface area contributed by atoms with Crippen molar-refractivity contribution < 1.29 is 4.39 Å². The largest absolute Gasteiger partial charge is 0.384 e. The standard InChI is InChI=1S/C17H11ClFN5/c18-13-5-6-15-22-16(10-1-3-12(19)4-2-10)17(24(15)23-13)11-7-8-21-14(20)9-11/h1-9H,(H2,20,21). The fourth-order valence-electron chi connectivity index (χ4n) is 2.57. The van der Waals surface area contributed by atoms with E-state index in [2.05, 4.69) is 15.1 Å². The molecule has 24 heavy (non-hydrogen) atoms. The van der Waals surface area contributed by atoms with Crippen molar-refractivity contribution in [1.29, 1.82) is 0 Å². The molecular formula is C17H11ClFN5. The van der Waals surface area contributed by atoms with Crippen LogP contribution in [0.3, 0.4) is 0 Å². The maximum atomic E-state index is 13.3. The Morgan fingerprint density at radius 1 is 1.00 bits per heavy atom. The normalized spacial score (nSPS) is 11.1. The molecule has 5 nitrogen and oxygen atoms in total. The lowest BCUT2D eigenvalue weighted by Crippen LogP contribution is -1.96. The first kappa shape index (κ1) is 14.6. The third-order valence-corrected chi connectivity index (χ3v) is 3.82. The molecule has 2 N–H and O–H groups in total. The van der Waals surface area contributed by atoms with Crippen LogP contribution in [0.15, 0.2) is 54.7 Å². The van der Waals surface area contributed by atoms with Gasteiger partial charge in [-0.25, -0.2) is 18.9 Å². The van der Waals surface area contributed by atoms with E-state index in [1.807, 2.05) is 6.07 Å². The molecule has 0 unspecified atom stereocenters. The van der Waals surface area contributed by atoms with Gasteiger partial charge in [0, 0.05) is 17.3 Å². The number of imidazole rings is 1. The molecule has 0 spiro atoms. The molecule has 0 saturated carbocycles. The van der Waals surface area contributed by atoms with Crippen LogP contribution in [-0.4, -0.2) is 19.6 Å². The van der Waals surface area contributed by atoms with Crippen molar-refractivity contribution >= 4 is 23.1 Å². The molecule has 0 saturated heterocycles. The van der Waals surface area contributed by atoms with Gasteiger partial charge < -0.3 is 5.73 Å². The van der Waals surface area contributed by atoms with Gasteiger partial charge in [-0.05, 0) is 48.5 Å². The molecule has 0 radical (unpaired) electrons. The van der Waals surface area contributed by atoms with E-state index in [0.717, 1.165) is 11.1 Å². The summed E-state index contributed by atoms with van der Waals surface area (Å²) in [7, 11) is 0. The number of hydrogen-bond donors (Lipinski definition) is 1. The van der Waals surface area contributed by atoms with E-state index < -0.39 is 0 Å². The Hall–Kier alpha value is -2.99. The van der Waals surface area contributed by atoms with Crippen LogP contribution < -0.4 is 5.73 Å². The Labute approximate surface area is 141 Å². The quantitative estimate of drug-likeness (QED) is 0.602. The summed E-state index contributed by atoms with van der Waals surface area (Å²) in [5.41, 5.74) is 9.38. The van der Waals surface area contributed by atoms with Crippen LogP contribution in [0.2, 0.25) is 5.15 Å². The van der Waals surface area contributed by atoms with Gasteiger partial charge in [0.2, 0.25) is 0 Å². The van der Waals surface area contributed by atoms with Gasteiger partial charge in [-0.15, -0.1) is 0 Å². The molecule has 0 aliphatic rings. The minimum Gasteiger partial charge on any atom is -0.384 e. The zero-order valence-corrected chi connectivity index (χ0v) is 13.1. The highest BCUT2D eigenvalue weighted by molar-refractivity contribution is 6.29. The molecule has 4 aromatic rings. The van der Waals surface area contributed by atoms with Crippen molar-refractivity contribution in [2.45, 2.75) is 0 Å². The first-order valence-corrected chi connectivity index (χ1v) is 7.53. The summed E-state index contributed by atoms with van der Waals surface area (Å²) in [6.07, 6.45) is 1.61. The summed E-state index contributed by atoms with van der Waals surface area (Å²) in [5, 5.41) is 4.67. The number of pyridine rings is 1. The highest BCUT2D eigenvalue weighted by Gasteiger charge is 2.17. The zero-order chi connectivity index (χ0) is 16.7. The van der Waals surface area contributed by atoms with E-state index in [1.165, 1.54) is 12.1 Å². The van der Waals surface area contributed by atoms with Gasteiger partial charge in [-0.3, -0.25) is 0 Å². The second kappa shape index (κ2) is 5.58. The number of anilines is 1. The van der Waals surface area contributed by atoms with Crippen LogP contribution in [0, 0.1) is 5.82 Å². The summed E-state index contributed by atoms with van der Waals surface area (Å²) in [4.78, 5) is 8.63. The highest BCUT2D eigenvalue weighted by Crippen LogP contribution is 2.33. The molecule has 0 aliphatic heterocycles. The number of nitrogen functional groups attached to an aromatic ring is 1. The topological polar surface area (TPSA) is 69.1 Å². The van der Waals surface area contributed by atoms with Gasteiger partial charge in [-0.2, -0.15) is 5.10 Å². The van der Waals surface area contributed by atoms with Gasteiger partial charge in [0.25, 0.3) is 0 Å². The molecule has 3 heterocycles. The highest BCUT2D eigenvalue weighted by atomic mass is 35.5. The minimum atomic E-state index is -0.307. The second-order valence-electron chi connectivity index (χ2n) is 5.21. The molecule has 7 heteroatoms. The van der Waals surface area contributed by atoms with Crippen LogP contribution in [-0.2, 0) is 0 Å². The van der Waals surface area contributed by atoms with E-state index in [-0.39, 0.29) is 5.82 Å². The fraction of sp³-hybridized carbons (Fsp3) is 0. The predicted molar refractivity (Wildman–Crippen MR) is 91.0 cm³/mol. The maximum absolute atomic E-state index is 13.3. The number of nitrogens with two attached hydrogens (primary N) is 1. The third kappa shape index (κ3) is 2.47. The Kier molecular flexibility index (Phi) is 3.39. The lowest BCUT2D eigenvalue weighted by molar-refractivity contribution is 0.628. The molecule has 0 atom stereocenters. The number of halogens is 2. The molecule has 0 aliphatic carbocycles. The van der Waals surface area contributed by atoms with Gasteiger partial charge in [-0.1, -0.05) is 11.6 Å². The van der Waals surface area contributed by atoms with Crippen molar-refractivity contribution in [3.63, 3.8) is 0 Å². The molecule has 0 fully saturated rings. The molecule has 3 aromatic heterocycles. The number of hydrogen-bond acceptors (Lipinski definition) is 4. The van der Waals surface area contributed by atoms with Crippen molar-refractivity contribution in [3.05, 3.63) is 65.7 Å². The van der Waals surface area contributed by atoms with E-state index in [0.29, 0.717) is 28.0 Å². The van der Waals surface area contributed by atoms with Gasteiger partial charge in [0.1, 0.15) is 22.5 Å². The summed E-state index contributed by atoms with van der Waals surface area (Å²) in [6.45, 7) is 0. The Bertz CT molecular complexity index is 1040. The van der Waals surface area contributed by atoms with Crippen molar-refractivity contribution in [3.8, 4) is 22.5 Å². The maximum Gasteiger partial charge on any atom is 0.155 e. The molecule has 0 bridgehead atoms. The van der Waals surface area contributed by atoms with Crippen molar-refractivity contribution in [2.24, 2.45) is 0 Å². The molecule has 1 aromatic carbocycles. The number of benzene rings is 1. The number of rotatable bonds is 2. The van der Waals surface area contributed by atoms with Gasteiger partial charge in [0.05, 0.1) is 5.69 Å². The molecular weight excluding hydrogens is 329 g/mol. The first-order valence-electron chi connectivity index (χ1n) is 7.15. The van der Waals surface area contributed by atoms with Gasteiger partial charge >= 0.3 is 0 Å². The second-order valence-corrected chi connectivity index (χ2v) is 5.60. The average molecular weight is 340 g/mol. The van der Waals surface area contributed by atoms with Crippen LogP contribution >= 0.6 is 11.6 Å². The summed E-state index contributed by atoms with van der Waals surface area (Å²) < 4.78 is 14.9. The summed E-state index contributed by atoms with van der Waals surface area (Å²) in [5.74, 6) is 0.0768. The van der Waals surface area contributed by atoms with E-state index in [1.54, 1.807) is 41.0 Å². The zero-order valence-electron chi connectivity index (χ0n) is 12.3. The lowest BCUT2D eigenvalue weighted by Gasteiger charge is -2.06. The van der Waals surface area contributed by atoms with Crippen LogP contribution in [0.1, 0.15) is 0 Å². The van der Waals surface area contributed by atoms with Crippen molar-refractivity contribution in [2.75, 3.05) is 5.73 Å². The number of nitrogens with zero attached hydrogens (tertiary/aromatic N) is 4. The van der Waals surface area contributed by atoms with Crippen LogP contribution in [0.5, 0.6) is 0 Å². The third-order valence-electron chi connectivity index (χ3n) is 3.62. The van der Waals surface area contributed by atoms with E-state index in [4.69, 9.17) is 17.3 Å². The van der Waals surface area contributed by atoms with E-state index in [9.17, 15) is 4.39 Å². The number of aromatic nitrogens is 4. The SMILES string of the molecule is Nc1cc(-c2c(-c3ccc(F)cc3)nc3ccc(Cl)nn23)ccn1. The molecule has 118 valence electrons.